The van der Waals surface area contributed by atoms with Crippen LogP contribution in [0.5, 0.6) is 0 Å². The lowest BCUT2D eigenvalue weighted by Gasteiger charge is -2.22. The first-order valence-electron chi connectivity index (χ1n) is 5.49. The Morgan fingerprint density at radius 2 is 1.89 bits per heavy atom. The Morgan fingerprint density at radius 1 is 1.37 bits per heavy atom. The first kappa shape index (κ1) is 15.5. The first-order valence-corrected chi connectivity index (χ1v) is 7.33. The molecule has 0 amide bonds. The normalized spacial score (nSPS) is 10.9. The molecule has 0 saturated heterocycles. The van der Waals surface area contributed by atoms with Gasteiger partial charge in [-0.05, 0) is 38.2 Å². The predicted octanol–water partition coefficient (Wildman–Crippen LogP) is 0.648. The molecule has 0 unspecified atom stereocenters. The molecule has 0 aliphatic heterocycles. The number of carbonyl (C=O) groups excluding carboxylic acids is 1. The average molecular weight is 301 g/mol. The van der Waals surface area contributed by atoms with Gasteiger partial charge in [-0.1, -0.05) is 12.1 Å². The van der Waals surface area contributed by atoms with Gasteiger partial charge in [-0.25, -0.2) is 18.6 Å². The van der Waals surface area contributed by atoms with Crippen molar-refractivity contribution in [3.63, 3.8) is 0 Å². The fourth-order valence-corrected chi connectivity index (χ4v) is 3.25. The van der Waals surface area contributed by atoms with E-state index in [9.17, 15) is 13.2 Å². The standard InChI is InChI=1S/C11H15N3O3S2/c1-3-14(11(18)13-12)19(16,17)10-6-4-9(5-7-10)8(2)15/h4-7H,3,12H2,1-2H3,(H,13,18). The number of nitrogens with one attached hydrogen (secondary N) is 1. The van der Waals surface area contributed by atoms with Crippen LogP contribution in [-0.4, -0.2) is 30.2 Å². The van der Waals surface area contributed by atoms with Crippen molar-refractivity contribution in [3.8, 4) is 0 Å². The third-order valence-electron chi connectivity index (χ3n) is 2.49. The van der Waals surface area contributed by atoms with Crippen LogP contribution >= 0.6 is 12.2 Å². The number of hydrazine groups is 1. The summed E-state index contributed by atoms with van der Waals surface area (Å²) in [5.74, 6) is 5.02. The molecular weight excluding hydrogens is 286 g/mol. The van der Waals surface area contributed by atoms with E-state index in [0.717, 1.165) is 4.31 Å². The Labute approximate surface area is 117 Å². The molecule has 1 aromatic carbocycles. The van der Waals surface area contributed by atoms with Crippen molar-refractivity contribution >= 4 is 33.1 Å². The lowest BCUT2D eigenvalue weighted by atomic mass is 10.2. The highest BCUT2D eigenvalue weighted by Crippen LogP contribution is 2.16. The van der Waals surface area contributed by atoms with E-state index in [1.165, 1.54) is 31.2 Å². The van der Waals surface area contributed by atoms with Gasteiger partial charge in [0, 0.05) is 12.1 Å². The van der Waals surface area contributed by atoms with Crippen LogP contribution in [0.1, 0.15) is 24.2 Å². The summed E-state index contributed by atoms with van der Waals surface area (Å²) in [6.07, 6.45) is 0. The quantitative estimate of drug-likeness (QED) is 0.367. The van der Waals surface area contributed by atoms with Gasteiger partial charge in [0.15, 0.2) is 10.9 Å². The minimum atomic E-state index is -3.77. The Kier molecular flexibility index (Phi) is 4.98. The molecule has 0 aromatic heterocycles. The zero-order valence-corrected chi connectivity index (χ0v) is 12.2. The number of benzene rings is 1. The van der Waals surface area contributed by atoms with Crippen molar-refractivity contribution in [1.29, 1.82) is 0 Å². The van der Waals surface area contributed by atoms with E-state index < -0.39 is 10.0 Å². The molecule has 0 spiro atoms. The zero-order valence-electron chi connectivity index (χ0n) is 10.6. The van der Waals surface area contributed by atoms with E-state index in [1.54, 1.807) is 6.92 Å². The Balaban J connectivity index is 3.19. The summed E-state index contributed by atoms with van der Waals surface area (Å²) in [5.41, 5.74) is 2.59. The van der Waals surface area contributed by atoms with Crippen LogP contribution in [0.15, 0.2) is 29.2 Å². The summed E-state index contributed by atoms with van der Waals surface area (Å²) in [5, 5.41) is -0.0851. The highest BCUT2D eigenvalue weighted by atomic mass is 32.2. The molecule has 19 heavy (non-hydrogen) atoms. The largest absolute Gasteiger partial charge is 0.300 e. The van der Waals surface area contributed by atoms with Gasteiger partial charge in [0.25, 0.3) is 10.0 Å². The van der Waals surface area contributed by atoms with E-state index in [0.29, 0.717) is 5.56 Å². The van der Waals surface area contributed by atoms with E-state index in [4.69, 9.17) is 18.1 Å². The Hall–Kier alpha value is -1.51. The summed E-state index contributed by atoms with van der Waals surface area (Å²) in [6, 6.07) is 5.66. The lowest BCUT2D eigenvalue weighted by Crippen LogP contribution is -2.46. The smallest absolute Gasteiger partial charge is 0.266 e. The van der Waals surface area contributed by atoms with Gasteiger partial charge in [0.05, 0.1) is 4.90 Å². The van der Waals surface area contributed by atoms with Gasteiger partial charge < -0.3 is 5.43 Å². The summed E-state index contributed by atoms with van der Waals surface area (Å²) in [4.78, 5) is 11.2. The Bertz CT molecular complexity index is 582. The molecule has 0 aliphatic rings. The maximum Gasteiger partial charge on any atom is 0.266 e. The van der Waals surface area contributed by atoms with Gasteiger partial charge in [0.2, 0.25) is 0 Å². The molecule has 0 radical (unpaired) electrons. The topological polar surface area (TPSA) is 92.5 Å². The third kappa shape index (κ3) is 3.28. The molecule has 0 saturated carbocycles. The molecule has 3 N–H and O–H groups in total. The van der Waals surface area contributed by atoms with E-state index in [2.05, 4.69) is 5.43 Å². The molecular formula is C11H15N3O3S2. The van der Waals surface area contributed by atoms with Crippen molar-refractivity contribution in [2.24, 2.45) is 5.84 Å². The first-order chi connectivity index (χ1) is 8.84. The number of ketones is 1. The van der Waals surface area contributed by atoms with Crippen LogP contribution < -0.4 is 11.3 Å². The van der Waals surface area contributed by atoms with Crippen molar-refractivity contribution in [2.45, 2.75) is 18.7 Å². The van der Waals surface area contributed by atoms with Gasteiger partial charge in [-0.3, -0.25) is 4.79 Å². The molecule has 1 rings (SSSR count). The highest BCUT2D eigenvalue weighted by Gasteiger charge is 2.25. The van der Waals surface area contributed by atoms with Crippen LogP contribution in [0.3, 0.4) is 0 Å². The maximum atomic E-state index is 12.3. The fraction of sp³-hybridized carbons (Fsp3) is 0.273. The summed E-state index contributed by atoms with van der Waals surface area (Å²) >= 11 is 4.85. The second kappa shape index (κ2) is 6.09. The molecule has 0 aliphatic carbocycles. The van der Waals surface area contributed by atoms with Crippen LogP contribution in [0.4, 0.5) is 0 Å². The second-order valence-electron chi connectivity index (χ2n) is 3.70. The number of thiocarbonyl (C=S) groups is 1. The molecule has 0 fully saturated rings. The van der Waals surface area contributed by atoms with Gasteiger partial charge >= 0.3 is 0 Å². The summed E-state index contributed by atoms with van der Waals surface area (Å²) in [6.45, 7) is 3.21. The number of rotatable bonds is 4. The maximum absolute atomic E-state index is 12.3. The predicted molar refractivity (Wildman–Crippen MR) is 75.9 cm³/mol. The molecule has 1 aromatic rings. The minimum Gasteiger partial charge on any atom is -0.300 e. The van der Waals surface area contributed by atoms with Crippen molar-refractivity contribution in [2.75, 3.05) is 6.54 Å². The Morgan fingerprint density at radius 3 is 2.26 bits per heavy atom. The third-order valence-corrected chi connectivity index (χ3v) is 4.83. The van der Waals surface area contributed by atoms with Crippen LogP contribution in [0, 0.1) is 0 Å². The van der Waals surface area contributed by atoms with E-state index in [1.807, 2.05) is 0 Å². The minimum absolute atomic E-state index is 0.0527. The second-order valence-corrected chi connectivity index (χ2v) is 5.95. The fourth-order valence-electron chi connectivity index (χ4n) is 1.48. The van der Waals surface area contributed by atoms with Gasteiger partial charge in [-0.15, -0.1) is 0 Å². The number of nitrogens with two attached hydrogens (primary N) is 1. The highest BCUT2D eigenvalue weighted by molar-refractivity contribution is 7.91. The van der Waals surface area contributed by atoms with Crippen molar-refractivity contribution < 1.29 is 13.2 Å². The van der Waals surface area contributed by atoms with Crippen LogP contribution in [0.25, 0.3) is 0 Å². The molecule has 0 atom stereocenters. The van der Waals surface area contributed by atoms with Gasteiger partial charge in [0.1, 0.15) is 0 Å². The number of Topliss-reactive ketones (excluding diaryl/α,β-unsaturated/α-hetero) is 1. The van der Waals surface area contributed by atoms with E-state index >= 15 is 0 Å². The SMILES string of the molecule is CCN(C(=S)NN)S(=O)(=O)c1ccc(C(C)=O)cc1. The van der Waals surface area contributed by atoms with E-state index in [-0.39, 0.29) is 22.3 Å². The van der Waals surface area contributed by atoms with Crippen LogP contribution in [0.2, 0.25) is 0 Å². The number of hydrogen-bond acceptors (Lipinski definition) is 5. The van der Waals surface area contributed by atoms with Crippen LogP contribution in [-0.2, 0) is 10.0 Å². The number of sulfonamides is 1. The lowest BCUT2D eigenvalue weighted by molar-refractivity contribution is 0.101. The zero-order chi connectivity index (χ0) is 14.6. The monoisotopic (exact) mass is 301 g/mol. The molecule has 8 heteroatoms. The molecule has 104 valence electrons. The molecule has 6 nitrogen and oxygen atoms in total. The summed E-state index contributed by atoms with van der Waals surface area (Å²) in [7, 11) is -3.77. The molecule has 0 bridgehead atoms. The number of carbonyl (C=O) groups is 1. The van der Waals surface area contributed by atoms with Gasteiger partial charge in [-0.2, -0.15) is 0 Å². The van der Waals surface area contributed by atoms with Crippen molar-refractivity contribution in [3.05, 3.63) is 29.8 Å². The molecule has 0 heterocycles. The number of nitrogens with zero attached hydrogens (tertiary/aromatic N) is 1. The number of hydrogen-bond donors (Lipinski definition) is 2. The van der Waals surface area contributed by atoms with Crippen molar-refractivity contribution in [1.82, 2.24) is 9.73 Å². The average Bonchev–Trinajstić information content (AvgIpc) is 2.39. The summed E-state index contributed by atoms with van der Waals surface area (Å²) < 4.78 is 25.6.